The highest BCUT2D eigenvalue weighted by Crippen LogP contribution is 2.35. The molecule has 0 bridgehead atoms. The molecule has 0 fully saturated rings. The number of aryl methyl sites for hydroxylation is 1. The summed E-state index contributed by atoms with van der Waals surface area (Å²) in [7, 11) is -14.8. The van der Waals surface area contributed by atoms with Crippen molar-refractivity contribution in [3.63, 3.8) is 0 Å². The third-order valence-corrected chi connectivity index (χ3v) is 8.22. The van der Waals surface area contributed by atoms with Gasteiger partial charge >= 0.3 is 0 Å². The Hall–Kier alpha value is -3.54. The van der Waals surface area contributed by atoms with Crippen molar-refractivity contribution in [2.75, 3.05) is 16.0 Å². The lowest BCUT2D eigenvalue weighted by Crippen LogP contribution is -2.12. The molecule has 0 spiro atoms. The zero-order valence-electron chi connectivity index (χ0n) is 20.7. The van der Waals surface area contributed by atoms with Gasteiger partial charge in [-0.25, -0.2) is 0 Å². The van der Waals surface area contributed by atoms with Gasteiger partial charge in [-0.2, -0.15) is 55.2 Å². The average Bonchev–Trinajstić information content (AvgIpc) is 2.83. The summed E-state index contributed by atoms with van der Waals surface area (Å²) in [6.45, 7) is 1.59. The zero-order valence-corrected chi connectivity index (χ0v) is 25.4. The minimum absolute atomic E-state index is 0.115. The lowest BCUT2D eigenvalue weighted by atomic mass is 10.2. The molecule has 4 aromatic rings. The maximum Gasteiger partial charge on any atom is 0.296 e. The van der Waals surface area contributed by atoms with Crippen molar-refractivity contribution >= 4 is 100 Å². The third-order valence-electron chi connectivity index (χ3n) is 5.07. The smallest absolute Gasteiger partial charge is 0.296 e. The van der Waals surface area contributed by atoms with Crippen molar-refractivity contribution in [1.82, 2.24) is 29.9 Å². The van der Waals surface area contributed by atoms with Crippen LogP contribution in [0.3, 0.4) is 0 Å². The fraction of sp³-hybridized carbons (Fsp3) is 0.0526. The summed E-state index contributed by atoms with van der Waals surface area (Å²) in [5.41, 5.74) is -0.701. The number of halogens is 3. The number of hydrogen-bond acceptors (Lipinski definition) is 15. The van der Waals surface area contributed by atoms with Gasteiger partial charge in [0, 0.05) is 5.69 Å². The highest BCUT2D eigenvalue weighted by molar-refractivity contribution is 7.86. The van der Waals surface area contributed by atoms with Crippen molar-refractivity contribution in [2.24, 2.45) is 0 Å². The molecule has 4 rings (SSSR count). The largest absolute Gasteiger partial charge is 0.324 e. The fourth-order valence-electron chi connectivity index (χ4n) is 3.28. The predicted octanol–water partition coefficient (Wildman–Crippen LogP) is 3.30. The summed E-state index contributed by atoms with van der Waals surface area (Å²) in [6.07, 6.45) is 0. The number of anilines is 6. The van der Waals surface area contributed by atoms with Crippen LogP contribution in [0.1, 0.15) is 5.56 Å². The Labute approximate surface area is 257 Å². The predicted molar refractivity (Wildman–Crippen MR) is 152 cm³/mol. The summed E-state index contributed by atoms with van der Waals surface area (Å²) in [4.78, 5) is 20.1. The van der Waals surface area contributed by atoms with Crippen LogP contribution in [0.5, 0.6) is 0 Å². The number of benzene rings is 2. The lowest BCUT2D eigenvalue weighted by molar-refractivity contribution is 0.479. The van der Waals surface area contributed by atoms with Crippen molar-refractivity contribution in [2.45, 2.75) is 21.6 Å². The third kappa shape index (κ3) is 8.10. The molecule has 0 aliphatic carbocycles. The molecule has 2 aromatic heterocycles. The number of hydrogen-bond donors (Lipinski definition) is 6. The van der Waals surface area contributed by atoms with Crippen LogP contribution in [0.25, 0.3) is 0 Å². The highest BCUT2D eigenvalue weighted by Gasteiger charge is 2.26. The van der Waals surface area contributed by atoms with Gasteiger partial charge in [0.2, 0.25) is 33.7 Å². The van der Waals surface area contributed by atoms with E-state index in [1.54, 1.807) is 6.92 Å². The van der Waals surface area contributed by atoms with E-state index in [9.17, 15) is 38.9 Å². The normalized spacial score (nSPS) is 12.2. The van der Waals surface area contributed by atoms with E-state index in [-0.39, 0.29) is 11.6 Å². The second-order valence-corrected chi connectivity index (χ2v) is 13.3. The first kappa shape index (κ1) is 32.4. The summed E-state index contributed by atoms with van der Waals surface area (Å²) < 4.78 is 101. The van der Waals surface area contributed by atoms with Crippen molar-refractivity contribution in [3.8, 4) is 0 Å². The van der Waals surface area contributed by atoms with E-state index in [4.69, 9.17) is 34.8 Å². The molecule has 2 aromatic carbocycles. The Morgan fingerprint density at radius 2 is 0.953 bits per heavy atom. The van der Waals surface area contributed by atoms with Crippen LogP contribution in [0.2, 0.25) is 15.9 Å². The standard InChI is InChI=1S/C19H14Cl3N9O9S3/c1-7-2-3-8(41(32,33)34)4-9(7)23-18-29-16(22)30-19(31-18)25-11-6-12(42(35,36)37)10(5-13(11)43(38,39)40)24-17-27-14(20)26-15(21)28-17/h2-6H,1H3,(H,32,33,34)(H,35,36,37)(H,38,39,40)(H,24,26,27,28)(H2,23,25,29,30,31). The summed E-state index contributed by atoms with van der Waals surface area (Å²) in [5, 5.41) is 6.04. The molecular weight excluding hydrogens is 701 g/mol. The second-order valence-electron chi connectivity index (χ2n) is 8.07. The van der Waals surface area contributed by atoms with Crippen molar-refractivity contribution in [3.05, 3.63) is 51.7 Å². The Morgan fingerprint density at radius 3 is 1.37 bits per heavy atom. The Kier molecular flexibility index (Phi) is 8.93. The van der Waals surface area contributed by atoms with E-state index in [0.29, 0.717) is 17.7 Å². The molecule has 0 saturated carbocycles. The maximum atomic E-state index is 12.3. The first-order chi connectivity index (χ1) is 19.8. The SMILES string of the molecule is Cc1ccc(S(=O)(=O)O)cc1Nc1nc(Cl)nc(Nc2cc(S(=O)(=O)O)c(Nc3nc(Cl)nc(Cl)n3)cc2S(=O)(=O)O)n1. The molecule has 0 atom stereocenters. The molecule has 24 heteroatoms. The van der Waals surface area contributed by atoms with E-state index in [2.05, 4.69) is 45.9 Å². The van der Waals surface area contributed by atoms with Gasteiger partial charge in [-0.3, -0.25) is 13.7 Å². The fourth-order valence-corrected chi connectivity index (χ4v) is 5.62. The van der Waals surface area contributed by atoms with E-state index in [1.807, 2.05) is 0 Å². The zero-order chi connectivity index (χ0) is 31.9. The van der Waals surface area contributed by atoms with Gasteiger partial charge in [-0.15, -0.1) is 0 Å². The van der Waals surface area contributed by atoms with Gasteiger partial charge in [-0.05, 0) is 71.6 Å². The molecule has 0 unspecified atom stereocenters. The van der Waals surface area contributed by atoms with Gasteiger partial charge in [0.05, 0.1) is 16.3 Å². The monoisotopic (exact) mass is 713 g/mol. The van der Waals surface area contributed by atoms with Crippen LogP contribution in [-0.4, -0.2) is 68.8 Å². The number of rotatable bonds is 9. The van der Waals surface area contributed by atoms with Gasteiger partial charge in [-0.1, -0.05) is 6.07 Å². The number of nitrogens with zero attached hydrogens (tertiary/aromatic N) is 6. The van der Waals surface area contributed by atoms with Crippen molar-refractivity contribution in [1.29, 1.82) is 0 Å². The second kappa shape index (κ2) is 11.9. The van der Waals surface area contributed by atoms with E-state index < -0.39 is 84.2 Å². The number of aromatic nitrogens is 6. The minimum atomic E-state index is -5.12. The highest BCUT2D eigenvalue weighted by atomic mass is 35.5. The molecule has 0 amide bonds. The maximum absolute atomic E-state index is 12.3. The summed E-state index contributed by atoms with van der Waals surface area (Å²) in [5.74, 6) is -1.28. The molecule has 6 N–H and O–H groups in total. The molecular formula is C19H14Cl3N9O9S3. The van der Waals surface area contributed by atoms with E-state index in [1.165, 1.54) is 6.07 Å². The molecule has 0 saturated heterocycles. The van der Waals surface area contributed by atoms with Crippen LogP contribution in [0, 0.1) is 6.92 Å². The van der Waals surface area contributed by atoms with Crippen LogP contribution >= 0.6 is 34.8 Å². The van der Waals surface area contributed by atoms with E-state index >= 15 is 0 Å². The average molecular weight is 715 g/mol. The molecule has 0 radical (unpaired) electrons. The van der Waals surface area contributed by atoms with Gasteiger partial charge < -0.3 is 16.0 Å². The summed E-state index contributed by atoms with van der Waals surface area (Å²) >= 11 is 17.4. The quantitative estimate of drug-likeness (QED) is 0.136. The molecule has 2 heterocycles. The molecule has 228 valence electrons. The van der Waals surface area contributed by atoms with Gasteiger partial charge in [0.15, 0.2) is 0 Å². The Bertz CT molecular complexity index is 2080. The minimum Gasteiger partial charge on any atom is -0.324 e. The molecule has 43 heavy (non-hydrogen) atoms. The first-order valence-corrected chi connectivity index (χ1v) is 16.3. The van der Waals surface area contributed by atoms with Crippen LogP contribution in [-0.2, 0) is 30.4 Å². The first-order valence-electron chi connectivity index (χ1n) is 10.8. The number of nitrogens with one attached hydrogen (secondary N) is 3. The van der Waals surface area contributed by atoms with Gasteiger partial charge in [0.1, 0.15) is 9.79 Å². The topological polar surface area (TPSA) is 277 Å². The lowest BCUT2D eigenvalue weighted by Gasteiger charge is -2.16. The van der Waals surface area contributed by atoms with Crippen LogP contribution in [0.4, 0.5) is 34.9 Å². The van der Waals surface area contributed by atoms with E-state index in [0.717, 1.165) is 12.1 Å². The molecule has 0 aliphatic heterocycles. The van der Waals surface area contributed by atoms with Crippen molar-refractivity contribution < 1.29 is 38.9 Å². The molecule has 18 nitrogen and oxygen atoms in total. The van der Waals surface area contributed by atoms with Crippen LogP contribution in [0.15, 0.2) is 45.0 Å². The summed E-state index contributed by atoms with van der Waals surface area (Å²) in [6, 6.07) is 4.81. The van der Waals surface area contributed by atoms with Gasteiger partial charge in [0.25, 0.3) is 30.4 Å². The molecule has 0 aliphatic rings. The Balaban J connectivity index is 1.80. The van der Waals surface area contributed by atoms with Crippen LogP contribution < -0.4 is 16.0 Å². The Morgan fingerprint density at radius 1 is 0.558 bits per heavy atom.